The number of hydrogen-bond donors (Lipinski definition) is 3. The first-order valence-corrected chi connectivity index (χ1v) is 9.20. The van der Waals surface area contributed by atoms with E-state index in [-0.39, 0.29) is 12.5 Å². The Kier molecular flexibility index (Phi) is 5.34. The van der Waals surface area contributed by atoms with E-state index in [1.807, 2.05) is 0 Å². The van der Waals surface area contributed by atoms with Crippen LogP contribution in [-0.4, -0.2) is 25.8 Å². The largest absolute Gasteiger partial charge is 0.366 e. The molecule has 9 heteroatoms. The molecular weight excluding hydrogens is 390 g/mol. The molecule has 0 atom stereocenters. The van der Waals surface area contributed by atoms with Crippen LogP contribution < -0.4 is 10.6 Å². The van der Waals surface area contributed by atoms with Crippen LogP contribution >= 0.6 is 0 Å². The van der Waals surface area contributed by atoms with Gasteiger partial charge in [0.15, 0.2) is 0 Å². The Morgan fingerprint density at radius 3 is 2.77 bits per heavy atom. The summed E-state index contributed by atoms with van der Waals surface area (Å²) in [5.41, 5.74) is 3.09. The number of fused-ring (bicyclic) bond motifs is 1. The Morgan fingerprint density at radius 1 is 1.13 bits per heavy atom. The Hall–Kier alpha value is -3.88. The maximum absolute atomic E-state index is 14.6. The van der Waals surface area contributed by atoms with E-state index in [1.54, 1.807) is 30.6 Å². The Balaban J connectivity index is 1.50. The summed E-state index contributed by atoms with van der Waals surface area (Å²) in [5, 5.41) is 6.44. The second kappa shape index (κ2) is 8.24. The van der Waals surface area contributed by atoms with Gasteiger partial charge in [0.1, 0.15) is 17.3 Å². The smallest absolute Gasteiger partial charge is 0.221 e. The zero-order chi connectivity index (χ0) is 21.1. The first-order chi connectivity index (χ1) is 14.5. The van der Waals surface area contributed by atoms with Gasteiger partial charge in [0.2, 0.25) is 11.9 Å². The average Bonchev–Trinajstić information content (AvgIpc) is 3.10. The van der Waals surface area contributed by atoms with Gasteiger partial charge in [0.05, 0.1) is 18.1 Å². The van der Waals surface area contributed by atoms with Gasteiger partial charge in [-0.3, -0.25) is 9.78 Å². The molecule has 0 aromatic carbocycles. The van der Waals surface area contributed by atoms with Crippen LogP contribution in [-0.2, 0) is 17.8 Å². The van der Waals surface area contributed by atoms with Gasteiger partial charge in [-0.2, -0.15) is 4.39 Å². The highest BCUT2D eigenvalue weighted by molar-refractivity contribution is 5.92. The molecule has 0 saturated heterocycles. The first-order valence-electron chi connectivity index (χ1n) is 9.20. The van der Waals surface area contributed by atoms with Gasteiger partial charge < -0.3 is 15.6 Å². The molecular formula is C21H18F2N6O. The fraction of sp³-hybridized carbons (Fsp3) is 0.143. The van der Waals surface area contributed by atoms with E-state index in [4.69, 9.17) is 0 Å². The van der Waals surface area contributed by atoms with E-state index in [9.17, 15) is 13.6 Å². The summed E-state index contributed by atoms with van der Waals surface area (Å²) in [6, 6.07) is 6.47. The van der Waals surface area contributed by atoms with Crippen LogP contribution in [0.2, 0.25) is 0 Å². The first kappa shape index (κ1) is 19.4. The maximum atomic E-state index is 14.6. The summed E-state index contributed by atoms with van der Waals surface area (Å²) >= 11 is 0. The van der Waals surface area contributed by atoms with E-state index in [0.717, 1.165) is 17.1 Å². The molecule has 30 heavy (non-hydrogen) atoms. The molecule has 0 aliphatic carbocycles. The minimum atomic E-state index is -0.599. The molecule has 0 unspecified atom stereocenters. The molecule has 3 N–H and O–H groups in total. The molecule has 4 aromatic heterocycles. The van der Waals surface area contributed by atoms with E-state index in [1.165, 1.54) is 19.2 Å². The lowest BCUT2D eigenvalue weighted by Gasteiger charge is -2.08. The number of aromatic nitrogens is 4. The monoisotopic (exact) mass is 408 g/mol. The third-order valence-electron chi connectivity index (χ3n) is 4.48. The minimum Gasteiger partial charge on any atom is -0.366 e. The number of carbonyl (C=O) groups is 1. The van der Waals surface area contributed by atoms with E-state index >= 15 is 0 Å². The van der Waals surface area contributed by atoms with E-state index in [0.29, 0.717) is 34.7 Å². The number of nitrogens with zero attached hydrogens (tertiary/aromatic N) is 3. The lowest BCUT2D eigenvalue weighted by atomic mass is 10.1. The maximum Gasteiger partial charge on any atom is 0.221 e. The molecule has 0 spiro atoms. The van der Waals surface area contributed by atoms with Crippen LogP contribution in [0.4, 0.5) is 20.3 Å². The van der Waals surface area contributed by atoms with Crippen molar-refractivity contribution in [2.75, 3.05) is 10.6 Å². The molecule has 0 fully saturated rings. The molecule has 4 heterocycles. The second-order valence-corrected chi connectivity index (χ2v) is 6.80. The van der Waals surface area contributed by atoms with Crippen molar-refractivity contribution in [3.05, 3.63) is 77.5 Å². The van der Waals surface area contributed by atoms with Crippen molar-refractivity contribution >= 4 is 28.4 Å². The molecule has 1 amide bonds. The molecule has 0 saturated carbocycles. The molecule has 0 aliphatic heterocycles. The van der Waals surface area contributed by atoms with E-state index in [2.05, 4.69) is 30.6 Å². The minimum absolute atomic E-state index is 0.194. The Morgan fingerprint density at radius 2 is 2.00 bits per heavy atom. The Labute approximate surface area is 170 Å². The third-order valence-corrected chi connectivity index (χ3v) is 4.48. The van der Waals surface area contributed by atoms with Crippen molar-refractivity contribution in [1.82, 2.24) is 19.9 Å². The topological polar surface area (TPSA) is 95.6 Å². The van der Waals surface area contributed by atoms with Crippen molar-refractivity contribution in [2.24, 2.45) is 0 Å². The second-order valence-electron chi connectivity index (χ2n) is 6.80. The number of carbonyl (C=O) groups excluding carboxylic acids is 1. The number of rotatable bonds is 6. The lowest BCUT2D eigenvalue weighted by Crippen LogP contribution is -2.06. The molecule has 0 aliphatic rings. The predicted octanol–water partition coefficient (Wildman–Crippen LogP) is 3.79. The fourth-order valence-electron chi connectivity index (χ4n) is 3.12. The van der Waals surface area contributed by atoms with Gasteiger partial charge >= 0.3 is 0 Å². The number of aromatic amines is 1. The quantitative estimate of drug-likeness (QED) is 0.422. The van der Waals surface area contributed by atoms with Crippen LogP contribution in [0.25, 0.3) is 11.0 Å². The van der Waals surface area contributed by atoms with Crippen LogP contribution in [0.1, 0.15) is 23.6 Å². The Bertz CT molecular complexity index is 1220. The van der Waals surface area contributed by atoms with Crippen LogP contribution in [0.15, 0.2) is 49.1 Å². The van der Waals surface area contributed by atoms with Gasteiger partial charge in [0, 0.05) is 43.2 Å². The lowest BCUT2D eigenvalue weighted by molar-refractivity contribution is -0.114. The molecule has 7 nitrogen and oxygen atoms in total. The van der Waals surface area contributed by atoms with Gasteiger partial charge in [-0.15, -0.1) is 0 Å². The number of hydrogen-bond acceptors (Lipinski definition) is 5. The van der Waals surface area contributed by atoms with Gasteiger partial charge in [-0.25, -0.2) is 14.4 Å². The standard InChI is InChI=1S/C21H18F2N6O/c1-12(30)28-17-6-18-15(9-26-21(18)27-11-17)5-14-2-3-19(29-20(14)23)25-8-13-4-16(22)10-24-7-13/h2-4,6-7,9-11H,5,8H2,1H3,(H,25,29)(H,26,27)(H,28,30). The summed E-state index contributed by atoms with van der Waals surface area (Å²) in [5.74, 6) is -0.883. The fourth-order valence-corrected chi connectivity index (χ4v) is 3.12. The van der Waals surface area contributed by atoms with Crippen molar-refractivity contribution < 1.29 is 13.6 Å². The van der Waals surface area contributed by atoms with Crippen LogP contribution in [0.5, 0.6) is 0 Å². The average molecular weight is 408 g/mol. The molecule has 4 aromatic rings. The molecule has 152 valence electrons. The molecule has 4 rings (SSSR count). The van der Waals surface area contributed by atoms with Crippen molar-refractivity contribution in [3.8, 4) is 0 Å². The number of H-pyrrole nitrogens is 1. The highest BCUT2D eigenvalue weighted by Crippen LogP contribution is 2.24. The highest BCUT2D eigenvalue weighted by Gasteiger charge is 2.12. The van der Waals surface area contributed by atoms with Gasteiger partial charge in [-0.1, -0.05) is 6.07 Å². The van der Waals surface area contributed by atoms with Gasteiger partial charge in [0.25, 0.3) is 0 Å². The van der Waals surface area contributed by atoms with E-state index < -0.39 is 11.8 Å². The summed E-state index contributed by atoms with van der Waals surface area (Å²) in [6.07, 6.45) is 6.27. The predicted molar refractivity (Wildman–Crippen MR) is 109 cm³/mol. The third kappa shape index (κ3) is 4.40. The number of halogens is 2. The van der Waals surface area contributed by atoms with Crippen molar-refractivity contribution in [3.63, 3.8) is 0 Å². The summed E-state index contributed by atoms with van der Waals surface area (Å²) in [4.78, 5) is 26.3. The zero-order valence-electron chi connectivity index (χ0n) is 16.0. The number of amides is 1. The normalized spacial score (nSPS) is 10.9. The highest BCUT2D eigenvalue weighted by atomic mass is 19.1. The summed E-state index contributed by atoms with van der Waals surface area (Å²) < 4.78 is 27.8. The molecule has 0 bridgehead atoms. The SMILES string of the molecule is CC(=O)Nc1cnc2[nH]cc(Cc3ccc(NCc4cncc(F)c4)nc3F)c2c1. The van der Waals surface area contributed by atoms with Crippen molar-refractivity contribution in [1.29, 1.82) is 0 Å². The summed E-state index contributed by atoms with van der Waals surface area (Å²) in [7, 11) is 0. The number of pyridine rings is 3. The number of nitrogens with one attached hydrogen (secondary N) is 3. The van der Waals surface area contributed by atoms with Gasteiger partial charge in [-0.05, 0) is 29.3 Å². The zero-order valence-corrected chi connectivity index (χ0v) is 16.0. The van der Waals surface area contributed by atoms with Crippen LogP contribution in [0, 0.1) is 11.8 Å². The summed E-state index contributed by atoms with van der Waals surface area (Å²) in [6.45, 7) is 1.69. The van der Waals surface area contributed by atoms with Crippen LogP contribution in [0.3, 0.4) is 0 Å². The van der Waals surface area contributed by atoms with Crippen molar-refractivity contribution in [2.45, 2.75) is 19.9 Å². The molecule has 0 radical (unpaired) electrons. The number of anilines is 2.